The molecule has 0 unspecified atom stereocenters. The Morgan fingerprint density at radius 2 is 1.78 bits per heavy atom. The molecule has 6 heteroatoms. The number of guanidine groups is 1. The number of aryl methyl sites for hydroxylation is 1. The number of hydrogen-bond acceptors (Lipinski definition) is 4. The molecule has 142 valence electrons. The summed E-state index contributed by atoms with van der Waals surface area (Å²) in [7, 11) is 0. The summed E-state index contributed by atoms with van der Waals surface area (Å²) in [5, 5.41) is 6.16. The molecule has 1 aliphatic heterocycles. The van der Waals surface area contributed by atoms with Crippen LogP contribution in [0.3, 0.4) is 0 Å². The summed E-state index contributed by atoms with van der Waals surface area (Å²) >= 11 is 0. The maximum atomic E-state index is 12.5. The van der Waals surface area contributed by atoms with Crippen LogP contribution in [0, 0.1) is 6.92 Å². The lowest BCUT2D eigenvalue weighted by molar-refractivity contribution is 0.0394. The van der Waals surface area contributed by atoms with Gasteiger partial charge in [-0.2, -0.15) is 0 Å². The molecule has 0 saturated carbocycles. The van der Waals surface area contributed by atoms with Gasteiger partial charge in [0.25, 0.3) is 5.91 Å². The van der Waals surface area contributed by atoms with Gasteiger partial charge in [0.15, 0.2) is 0 Å². The molecule has 0 aliphatic carbocycles. The van der Waals surface area contributed by atoms with Crippen LogP contribution in [0.25, 0.3) is 0 Å². The first-order chi connectivity index (χ1) is 13.2. The minimum atomic E-state index is -0.179. The highest BCUT2D eigenvalue weighted by Gasteiger charge is 2.12. The van der Waals surface area contributed by atoms with Crippen molar-refractivity contribution in [2.45, 2.75) is 6.92 Å². The molecule has 0 aromatic heterocycles. The molecule has 0 atom stereocenters. The van der Waals surface area contributed by atoms with Crippen LogP contribution < -0.4 is 10.6 Å². The van der Waals surface area contributed by atoms with E-state index in [1.54, 1.807) is 12.1 Å². The van der Waals surface area contributed by atoms with Gasteiger partial charge in [0.2, 0.25) is 5.96 Å². The van der Waals surface area contributed by atoms with Gasteiger partial charge in [-0.15, -0.1) is 0 Å². The number of amides is 1. The molecule has 1 amide bonds. The largest absolute Gasteiger partial charge is 0.379 e. The molecule has 2 aromatic rings. The zero-order valence-electron chi connectivity index (χ0n) is 15.6. The van der Waals surface area contributed by atoms with E-state index in [9.17, 15) is 4.79 Å². The fraction of sp³-hybridized carbons (Fsp3) is 0.333. The predicted octanol–water partition coefficient (Wildman–Crippen LogP) is 2.53. The van der Waals surface area contributed by atoms with Crippen LogP contribution in [0.1, 0.15) is 15.9 Å². The van der Waals surface area contributed by atoms with Gasteiger partial charge in [0.1, 0.15) is 0 Å². The standard InChI is InChI=1S/C21H26N4O2/c1-17-7-5-6-10-19(17)23-21(22-11-12-25-13-15-27-16-14-25)24-20(26)18-8-3-2-4-9-18/h2-10H,11-16H2,1H3,(H2,22,23,24,26). The third kappa shape index (κ3) is 5.91. The van der Waals surface area contributed by atoms with E-state index in [1.165, 1.54) is 0 Å². The number of para-hydroxylation sites is 1. The summed E-state index contributed by atoms with van der Waals surface area (Å²) in [6, 6.07) is 17.1. The Morgan fingerprint density at radius 3 is 2.52 bits per heavy atom. The van der Waals surface area contributed by atoms with Gasteiger partial charge < -0.3 is 10.1 Å². The minimum absolute atomic E-state index is 0.179. The van der Waals surface area contributed by atoms with Crippen LogP contribution in [-0.4, -0.2) is 56.2 Å². The van der Waals surface area contributed by atoms with Gasteiger partial charge in [-0.3, -0.25) is 20.0 Å². The number of anilines is 1. The molecule has 1 heterocycles. The normalized spacial score (nSPS) is 15.4. The van der Waals surface area contributed by atoms with Crippen LogP contribution >= 0.6 is 0 Å². The number of aliphatic imine (C=N–C) groups is 1. The Kier molecular flexibility index (Phi) is 6.96. The molecular formula is C21H26N4O2. The van der Waals surface area contributed by atoms with E-state index in [0.717, 1.165) is 44.1 Å². The number of hydrogen-bond donors (Lipinski definition) is 2. The lowest BCUT2D eigenvalue weighted by atomic mass is 10.2. The predicted molar refractivity (Wildman–Crippen MR) is 108 cm³/mol. The fourth-order valence-corrected chi connectivity index (χ4v) is 2.85. The second kappa shape index (κ2) is 9.85. The Bertz CT molecular complexity index is 771. The molecule has 27 heavy (non-hydrogen) atoms. The molecule has 0 bridgehead atoms. The molecule has 1 aliphatic rings. The van der Waals surface area contributed by atoms with Crippen LogP contribution in [0.15, 0.2) is 59.6 Å². The van der Waals surface area contributed by atoms with Crippen molar-refractivity contribution in [1.29, 1.82) is 0 Å². The molecule has 3 rings (SSSR count). The van der Waals surface area contributed by atoms with E-state index in [-0.39, 0.29) is 5.91 Å². The molecule has 2 aromatic carbocycles. The quantitative estimate of drug-likeness (QED) is 0.630. The summed E-state index contributed by atoms with van der Waals surface area (Å²) in [5.74, 6) is 0.285. The Balaban J connectivity index is 1.68. The highest BCUT2D eigenvalue weighted by Crippen LogP contribution is 2.13. The van der Waals surface area contributed by atoms with E-state index < -0.39 is 0 Å². The van der Waals surface area contributed by atoms with E-state index in [1.807, 2.05) is 49.4 Å². The van der Waals surface area contributed by atoms with Crippen LogP contribution in [0.4, 0.5) is 5.69 Å². The topological polar surface area (TPSA) is 66.0 Å². The number of rotatable bonds is 5. The first-order valence-electron chi connectivity index (χ1n) is 9.26. The Morgan fingerprint density at radius 1 is 1.07 bits per heavy atom. The van der Waals surface area contributed by atoms with Crippen LogP contribution in [0.2, 0.25) is 0 Å². The number of benzene rings is 2. The van der Waals surface area contributed by atoms with Crippen molar-refractivity contribution in [3.05, 3.63) is 65.7 Å². The molecule has 0 radical (unpaired) electrons. The van der Waals surface area contributed by atoms with E-state index in [0.29, 0.717) is 18.1 Å². The first-order valence-corrected chi connectivity index (χ1v) is 9.26. The fourth-order valence-electron chi connectivity index (χ4n) is 2.85. The molecular weight excluding hydrogens is 340 g/mol. The lowest BCUT2D eigenvalue weighted by Crippen LogP contribution is -2.39. The average molecular weight is 366 g/mol. The minimum Gasteiger partial charge on any atom is -0.379 e. The summed E-state index contributed by atoms with van der Waals surface area (Å²) in [4.78, 5) is 19.5. The van der Waals surface area contributed by atoms with Crippen molar-refractivity contribution < 1.29 is 9.53 Å². The lowest BCUT2D eigenvalue weighted by Gasteiger charge is -2.25. The van der Waals surface area contributed by atoms with Crippen molar-refractivity contribution in [3.8, 4) is 0 Å². The zero-order chi connectivity index (χ0) is 18.9. The van der Waals surface area contributed by atoms with Crippen molar-refractivity contribution in [1.82, 2.24) is 10.2 Å². The van der Waals surface area contributed by atoms with E-state index >= 15 is 0 Å². The van der Waals surface area contributed by atoms with Crippen LogP contribution in [0.5, 0.6) is 0 Å². The number of nitrogens with zero attached hydrogens (tertiary/aromatic N) is 2. The third-order valence-electron chi connectivity index (χ3n) is 4.46. The molecule has 6 nitrogen and oxygen atoms in total. The Labute approximate surface area is 160 Å². The maximum Gasteiger partial charge on any atom is 0.257 e. The monoisotopic (exact) mass is 366 g/mol. The number of carbonyl (C=O) groups is 1. The van der Waals surface area contributed by atoms with Gasteiger partial charge in [0.05, 0.1) is 19.8 Å². The van der Waals surface area contributed by atoms with Gasteiger partial charge >= 0.3 is 0 Å². The first kappa shape index (κ1) is 19.1. The number of nitrogens with one attached hydrogen (secondary N) is 2. The van der Waals surface area contributed by atoms with E-state index in [2.05, 4.69) is 20.5 Å². The van der Waals surface area contributed by atoms with Crippen LogP contribution in [-0.2, 0) is 4.74 Å². The average Bonchev–Trinajstić information content (AvgIpc) is 2.71. The van der Waals surface area contributed by atoms with Crippen molar-refractivity contribution in [2.24, 2.45) is 4.99 Å². The Hall–Kier alpha value is -2.70. The summed E-state index contributed by atoms with van der Waals surface area (Å²) in [6.45, 7) is 6.84. The van der Waals surface area contributed by atoms with E-state index in [4.69, 9.17) is 4.74 Å². The van der Waals surface area contributed by atoms with Gasteiger partial charge in [-0.05, 0) is 30.7 Å². The summed E-state index contributed by atoms with van der Waals surface area (Å²) in [5.41, 5.74) is 2.62. The smallest absolute Gasteiger partial charge is 0.257 e. The van der Waals surface area contributed by atoms with Crippen molar-refractivity contribution in [3.63, 3.8) is 0 Å². The van der Waals surface area contributed by atoms with Gasteiger partial charge in [0, 0.05) is 30.9 Å². The highest BCUT2D eigenvalue weighted by atomic mass is 16.5. The van der Waals surface area contributed by atoms with Crippen molar-refractivity contribution >= 4 is 17.6 Å². The zero-order valence-corrected chi connectivity index (χ0v) is 15.6. The van der Waals surface area contributed by atoms with Gasteiger partial charge in [-0.1, -0.05) is 36.4 Å². The highest BCUT2D eigenvalue weighted by molar-refractivity contribution is 6.10. The summed E-state index contributed by atoms with van der Waals surface area (Å²) in [6.07, 6.45) is 0. The molecule has 0 spiro atoms. The second-order valence-corrected chi connectivity index (χ2v) is 6.44. The maximum absolute atomic E-state index is 12.5. The van der Waals surface area contributed by atoms with Crippen molar-refractivity contribution in [2.75, 3.05) is 44.7 Å². The number of carbonyl (C=O) groups excluding carboxylic acids is 1. The van der Waals surface area contributed by atoms with Gasteiger partial charge in [-0.25, -0.2) is 0 Å². The number of morpholine rings is 1. The third-order valence-corrected chi connectivity index (χ3v) is 4.46. The molecule has 1 fully saturated rings. The summed E-state index contributed by atoms with van der Waals surface area (Å²) < 4.78 is 5.37. The SMILES string of the molecule is Cc1ccccc1NC(=NCCN1CCOCC1)NC(=O)c1ccccc1. The second-order valence-electron chi connectivity index (χ2n) is 6.44. The number of ether oxygens (including phenoxy) is 1. The molecule has 2 N–H and O–H groups in total. The molecule has 1 saturated heterocycles.